The predicted molar refractivity (Wildman–Crippen MR) is 54.0 cm³/mol. The Morgan fingerprint density at radius 1 is 1.23 bits per heavy atom. The number of fused-ring (bicyclic) bond motifs is 1. The SMILES string of the molecule is ClCc1cc2n[c][nH]c2cc1CCl. The molecule has 2 rings (SSSR count). The largest absolute Gasteiger partial charge is 0.335 e. The molecule has 1 N–H and O–H groups in total. The Morgan fingerprint density at radius 3 is 2.62 bits per heavy atom. The van der Waals surface area contributed by atoms with Crippen LogP contribution in [-0.4, -0.2) is 9.97 Å². The van der Waals surface area contributed by atoms with E-state index in [0.29, 0.717) is 11.8 Å². The van der Waals surface area contributed by atoms with Gasteiger partial charge in [-0.15, -0.1) is 23.2 Å². The maximum Gasteiger partial charge on any atom is 0.174 e. The number of alkyl halides is 2. The fourth-order valence-corrected chi connectivity index (χ4v) is 1.76. The van der Waals surface area contributed by atoms with Crippen LogP contribution in [0.15, 0.2) is 12.1 Å². The number of hydrogen-bond donors (Lipinski definition) is 1. The van der Waals surface area contributed by atoms with Crippen molar-refractivity contribution in [1.29, 1.82) is 0 Å². The molecule has 4 heteroatoms. The molecule has 0 spiro atoms. The molecule has 0 saturated carbocycles. The van der Waals surface area contributed by atoms with E-state index in [1.54, 1.807) is 0 Å². The van der Waals surface area contributed by atoms with Crippen molar-refractivity contribution >= 4 is 34.2 Å². The van der Waals surface area contributed by atoms with E-state index in [2.05, 4.69) is 16.3 Å². The van der Waals surface area contributed by atoms with Crippen LogP contribution in [0.1, 0.15) is 11.1 Å². The minimum absolute atomic E-state index is 0.463. The highest BCUT2D eigenvalue weighted by molar-refractivity contribution is 6.19. The van der Waals surface area contributed by atoms with Crippen molar-refractivity contribution in [3.63, 3.8) is 0 Å². The van der Waals surface area contributed by atoms with Gasteiger partial charge in [-0.1, -0.05) is 0 Å². The summed E-state index contributed by atoms with van der Waals surface area (Å²) >= 11 is 11.5. The quantitative estimate of drug-likeness (QED) is 0.765. The van der Waals surface area contributed by atoms with E-state index in [4.69, 9.17) is 23.2 Å². The summed E-state index contributed by atoms with van der Waals surface area (Å²) in [5, 5.41) is 0. The summed E-state index contributed by atoms with van der Waals surface area (Å²) in [6.07, 6.45) is 2.68. The van der Waals surface area contributed by atoms with Gasteiger partial charge in [-0.05, 0) is 23.3 Å². The van der Waals surface area contributed by atoms with E-state index in [0.717, 1.165) is 22.2 Å². The van der Waals surface area contributed by atoms with Crippen LogP contribution in [0.4, 0.5) is 0 Å². The van der Waals surface area contributed by atoms with Gasteiger partial charge in [0.2, 0.25) is 0 Å². The maximum absolute atomic E-state index is 5.78. The van der Waals surface area contributed by atoms with Crippen molar-refractivity contribution < 1.29 is 0 Å². The Bertz CT molecular complexity index is 384. The average Bonchev–Trinajstić information content (AvgIpc) is 2.62. The molecule has 1 heterocycles. The smallest absolute Gasteiger partial charge is 0.174 e. The number of nitrogens with one attached hydrogen (secondary N) is 1. The molecular formula is C9H7Cl2N2. The molecule has 0 fully saturated rings. The van der Waals surface area contributed by atoms with E-state index in [1.807, 2.05) is 12.1 Å². The standard InChI is InChI=1S/C9H7Cl2N2/c10-3-6-1-8-9(13-5-12-8)2-7(6)4-11/h1-2H,3-4H2,(H,12,13). The third kappa shape index (κ3) is 1.52. The zero-order valence-corrected chi connectivity index (χ0v) is 8.28. The summed E-state index contributed by atoms with van der Waals surface area (Å²) in [6.45, 7) is 0. The van der Waals surface area contributed by atoms with Gasteiger partial charge >= 0.3 is 0 Å². The van der Waals surface area contributed by atoms with Gasteiger partial charge in [0.25, 0.3) is 0 Å². The fourth-order valence-electron chi connectivity index (χ4n) is 1.27. The van der Waals surface area contributed by atoms with Crippen molar-refractivity contribution in [2.24, 2.45) is 0 Å². The molecule has 0 aliphatic carbocycles. The predicted octanol–water partition coefficient (Wildman–Crippen LogP) is 2.84. The number of rotatable bonds is 2. The number of halogens is 2. The van der Waals surface area contributed by atoms with Gasteiger partial charge in [0.15, 0.2) is 6.33 Å². The summed E-state index contributed by atoms with van der Waals surface area (Å²) in [4.78, 5) is 6.93. The first-order valence-electron chi connectivity index (χ1n) is 3.84. The summed E-state index contributed by atoms with van der Waals surface area (Å²) in [6, 6.07) is 3.90. The van der Waals surface area contributed by atoms with E-state index >= 15 is 0 Å². The number of hydrogen-bond acceptors (Lipinski definition) is 1. The molecule has 1 aromatic heterocycles. The van der Waals surface area contributed by atoms with Crippen molar-refractivity contribution in [2.75, 3.05) is 0 Å². The Labute approximate surface area is 85.9 Å². The molecule has 13 heavy (non-hydrogen) atoms. The Hall–Kier alpha value is -0.730. The van der Waals surface area contributed by atoms with Crippen LogP contribution in [-0.2, 0) is 11.8 Å². The normalized spacial score (nSPS) is 10.9. The second kappa shape index (κ2) is 3.56. The summed E-state index contributed by atoms with van der Waals surface area (Å²) in [5.74, 6) is 0.932. The van der Waals surface area contributed by atoms with Gasteiger partial charge in [-0.3, -0.25) is 0 Å². The molecule has 2 nitrogen and oxygen atoms in total. The van der Waals surface area contributed by atoms with Crippen molar-refractivity contribution in [3.05, 3.63) is 29.6 Å². The van der Waals surface area contributed by atoms with Crippen LogP contribution < -0.4 is 0 Å². The maximum atomic E-state index is 5.78. The molecular weight excluding hydrogens is 207 g/mol. The average molecular weight is 214 g/mol. The summed E-state index contributed by atoms with van der Waals surface area (Å²) in [7, 11) is 0. The third-order valence-electron chi connectivity index (χ3n) is 1.97. The van der Waals surface area contributed by atoms with Gasteiger partial charge < -0.3 is 4.98 Å². The van der Waals surface area contributed by atoms with Crippen molar-refractivity contribution in [1.82, 2.24) is 9.97 Å². The number of benzene rings is 1. The van der Waals surface area contributed by atoms with Gasteiger partial charge in [-0.2, -0.15) is 0 Å². The Balaban J connectivity index is 2.67. The summed E-state index contributed by atoms with van der Waals surface area (Å²) in [5.41, 5.74) is 3.90. The third-order valence-corrected chi connectivity index (χ3v) is 2.55. The molecule has 2 aromatic rings. The summed E-state index contributed by atoms with van der Waals surface area (Å²) < 4.78 is 0. The fraction of sp³-hybridized carbons (Fsp3) is 0.222. The molecule has 0 aliphatic rings. The molecule has 0 amide bonds. The molecule has 1 aromatic carbocycles. The lowest BCUT2D eigenvalue weighted by atomic mass is 10.1. The highest BCUT2D eigenvalue weighted by Gasteiger charge is 2.04. The van der Waals surface area contributed by atoms with Gasteiger partial charge in [0, 0.05) is 11.8 Å². The Morgan fingerprint density at radius 2 is 1.92 bits per heavy atom. The molecule has 1 radical (unpaired) electrons. The Kier molecular flexibility index (Phi) is 2.42. The molecule has 0 saturated heterocycles. The second-order valence-electron chi connectivity index (χ2n) is 2.75. The van der Waals surface area contributed by atoms with E-state index in [-0.39, 0.29) is 0 Å². The number of H-pyrrole nitrogens is 1. The lowest BCUT2D eigenvalue weighted by molar-refractivity contribution is 1.28. The van der Waals surface area contributed by atoms with Crippen LogP contribution in [0.5, 0.6) is 0 Å². The van der Waals surface area contributed by atoms with Crippen LogP contribution >= 0.6 is 23.2 Å². The number of imidazole rings is 1. The molecule has 0 unspecified atom stereocenters. The van der Waals surface area contributed by atoms with E-state index < -0.39 is 0 Å². The molecule has 0 atom stereocenters. The van der Waals surface area contributed by atoms with Crippen LogP contribution in [0.2, 0.25) is 0 Å². The minimum atomic E-state index is 0.463. The van der Waals surface area contributed by atoms with Gasteiger partial charge in [0.05, 0.1) is 11.0 Å². The highest BCUT2D eigenvalue weighted by Crippen LogP contribution is 2.20. The van der Waals surface area contributed by atoms with Crippen molar-refractivity contribution in [3.8, 4) is 0 Å². The first-order valence-corrected chi connectivity index (χ1v) is 4.91. The zero-order valence-electron chi connectivity index (χ0n) is 6.77. The topological polar surface area (TPSA) is 28.7 Å². The zero-order chi connectivity index (χ0) is 9.26. The van der Waals surface area contributed by atoms with Gasteiger partial charge in [0.1, 0.15) is 0 Å². The second-order valence-corrected chi connectivity index (χ2v) is 3.29. The number of aromatic nitrogens is 2. The van der Waals surface area contributed by atoms with Crippen LogP contribution in [0, 0.1) is 6.33 Å². The lowest BCUT2D eigenvalue weighted by Crippen LogP contribution is -1.88. The molecule has 67 valence electrons. The van der Waals surface area contributed by atoms with Crippen LogP contribution in [0.3, 0.4) is 0 Å². The van der Waals surface area contributed by atoms with E-state index in [1.165, 1.54) is 0 Å². The monoisotopic (exact) mass is 213 g/mol. The highest BCUT2D eigenvalue weighted by atomic mass is 35.5. The lowest BCUT2D eigenvalue weighted by Gasteiger charge is -2.02. The minimum Gasteiger partial charge on any atom is -0.335 e. The first-order chi connectivity index (χ1) is 6.35. The van der Waals surface area contributed by atoms with Crippen molar-refractivity contribution in [2.45, 2.75) is 11.8 Å². The van der Waals surface area contributed by atoms with Crippen LogP contribution in [0.25, 0.3) is 11.0 Å². The van der Waals surface area contributed by atoms with E-state index in [9.17, 15) is 0 Å². The molecule has 0 aliphatic heterocycles. The van der Waals surface area contributed by atoms with Gasteiger partial charge in [-0.25, -0.2) is 4.98 Å². The first kappa shape index (κ1) is 8.85. The molecule has 0 bridgehead atoms. The number of aromatic amines is 1. The number of nitrogens with zero attached hydrogens (tertiary/aromatic N) is 1.